The first-order valence-electron chi connectivity index (χ1n) is 11.5. The molecule has 6 rings (SSSR count). The van der Waals surface area contributed by atoms with Crippen LogP contribution in [0.5, 0.6) is 11.5 Å². The summed E-state index contributed by atoms with van der Waals surface area (Å²) in [5, 5.41) is 0. The molecule has 2 bridgehead atoms. The molecule has 0 radical (unpaired) electrons. The third kappa shape index (κ3) is 3.57. The molecule has 4 saturated heterocycles. The van der Waals surface area contributed by atoms with Crippen molar-refractivity contribution >= 4 is 5.97 Å². The fourth-order valence-corrected chi connectivity index (χ4v) is 5.96. The second-order valence-corrected chi connectivity index (χ2v) is 9.73. The molecule has 5 aliphatic rings. The zero-order valence-electron chi connectivity index (χ0n) is 19.1. The fraction of sp³-hybridized carbons (Fsp3) is 0.708. The van der Waals surface area contributed by atoms with Crippen molar-refractivity contribution in [3.63, 3.8) is 0 Å². The standard InChI is InChI=1S/C24H32O8/c1-14-5-10-19-15(2)21(28-17-8-6-16(7-9-17)27-13-20(25)26-4)29-22-24(19)18(14)11-12-23(3,30-22)31-32-24/h6-9,14-15,18-19,21-22H,5,10-13H2,1-4H3/t14-,15-,18?,19?,21+,22?,23+,24-/m1/s1. The van der Waals surface area contributed by atoms with Gasteiger partial charge in [0.05, 0.1) is 7.11 Å². The summed E-state index contributed by atoms with van der Waals surface area (Å²) in [6.45, 7) is 6.24. The van der Waals surface area contributed by atoms with Gasteiger partial charge in [-0.2, -0.15) is 0 Å². The number of hydrogen-bond donors (Lipinski definition) is 0. The highest BCUT2D eigenvalue weighted by Gasteiger charge is 2.69. The minimum Gasteiger partial charge on any atom is -0.482 e. The molecule has 176 valence electrons. The highest BCUT2D eigenvalue weighted by atomic mass is 17.3. The summed E-state index contributed by atoms with van der Waals surface area (Å²) in [6, 6.07) is 7.13. The van der Waals surface area contributed by atoms with Crippen LogP contribution >= 0.6 is 0 Å². The summed E-state index contributed by atoms with van der Waals surface area (Å²) in [4.78, 5) is 23.3. The summed E-state index contributed by atoms with van der Waals surface area (Å²) in [5.41, 5.74) is -0.599. The molecular formula is C24H32O8. The number of carbonyl (C=O) groups excluding carboxylic acids is 1. The molecule has 5 fully saturated rings. The van der Waals surface area contributed by atoms with Crippen LogP contribution < -0.4 is 9.47 Å². The van der Waals surface area contributed by atoms with Crippen LogP contribution in [0, 0.1) is 23.7 Å². The van der Waals surface area contributed by atoms with Gasteiger partial charge < -0.3 is 23.7 Å². The smallest absolute Gasteiger partial charge is 0.343 e. The molecular weight excluding hydrogens is 416 g/mol. The van der Waals surface area contributed by atoms with Gasteiger partial charge >= 0.3 is 5.97 Å². The average molecular weight is 449 g/mol. The molecule has 8 nitrogen and oxygen atoms in total. The fourth-order valence-electron chi connectivity index (χ4n) is 5.96. The number of fused-ring (bicyclic) bond motifs is 2. The van der Waals surface area contributed by atoms with Crippen molar-refractivity contribution < 1.29 is 38.3 Å². The van der Waals surface area contributed by atoms with Crippen LogP contribution in [0.2, 0.25) is 0 Å². The van der Waals surface area contributed by atoms with E-state index in [9.17, 15) is 4.79 Å². The first-order chi connectivity index (χ1) is 15.3. The molecule has 8 heteroatoms. The average Bonchev–Trinajstić information content (AvgIpc) is 3.02. The third-order valence-corrected chi connectivity index (χ3v) is 7.76. The van der Waals surface area contributed by atoms with Gasteiger partial charge in [0.25, 0.3) is 0 Å². The van der Waals surface area contributed by atoms with E-state index in [0.717, 1.165) is 25.7 Å². The van der Waals surface area contributed by atoms with E-state index in [1.54, 1.807) is 24.3 Å². The van der Waals surface area contributed by atoms with Crippen LogP contribution in [0.3, 0.4) is 0 Å². The molecule has 3 unspecified atom stereocenters. The van der Waals surface area contributed by atoms with Crippen molar-refractivity contribution in [3.8, 4) is 11.5 Å². The van der Waals surface area contributed by atoms with Gasteiger partial charge in [-0.1, -0.05) is 13.8 Å². The second-order valence-electron chi connectivity index (χ2n) is 9.73. The Balaban J connectivity index is 1.34. The molecule has 8 atom stereocenters. The Labute approximate surface area is 188 Å². The molecule has 32 heavy (non-hydrogen) atoms. The minimum absolute atomic E-state index is 0.0890. The molecule has 1 spiro atoms. The SMILES string of the molecule is COC(=O)COc1ccc(O[C@H]2OC3O[C@]4(C)CCC5[C@H](C)CCC([C@H]2C)[C@@]35OO4)cc1. The molecule has 0 aromatic heterocycles. The summed E-state index contributed by atoms with van der Waals surface area (Å²) in [6.07, 6.45) is 2.93. The van der Waals surface area contributed by atoms with Crippen LogP contribution in [0.1, 0.15) is 46.5 Å². The monoisotopic (exact) mass is 448 g/mol. The van der Waals surface area contributed by atoms with E-state index >= 15 is 0 Å². The first kappa shape index (κ1) is 21.9. The molecule has 1 aliphatic carbocycles. The largest absolute Gasteiger partial charge is 0.482 e. The van der Waals surface area contributed by atoms with E-state index < -0.39 is 29.9 Å². The van der Waals surface area contributed by atoms with Crippen LogP contribution in [0.15, 0.2) is 24.3 Å². The van der Waals surface area contributed by atoms with Crippen LogP contribution in [-0.2, 0) is 28.8 Å². The van der Waals surface area contributed by atoms with E-state index in [2.05, 4.69) is 18.6 Å². The van der Waals surface area contributed by atoms with Gasteiger partial charge in [0.1, 0.15) is 11.5 Å². The van der Waals surface area contributed by atoms with Gasteiger partial charge in [-0.25, -0.2) is 14.6 Å². The van der Waals surface area contributed by atoms with Crippen molar-refractivity contribution in [2.45, 2.75) is 70.4 Å². The number of benzene rings is 1. The van der Waals surface area contributed by atoms with Gasteiger partial charge in [0.2, 0.25) is 12.1 Å². The predicted molar refractivity (Wildman–Crippen MR) is 111 cm³/mol. The zero-order valence-corrected chi connectivity index (χ0v) is 19.1. The molecule has 1 saturated carbocycles. The lowest BCUT2D eigenvalue weighted by atomic mass is 9.58. The number of hydrogen-bond acceptors (Lipinski definition) is 8. The molecule has 0 amide bonds. The summed E-state index contributed by atoms with van der Waals surface area (Å²) in [5.74, 6) is 1.13. The maximum Gasteiger partial charge on any atom is 0.343 e. The van der Waals surface area contributed by atoms with E-state index in [1.165, 1.54) is 7.11 Å². The lowest BCUT2D eigenvalue weighted by Gasteiger charge is -2.60. The van der Waals surface area contributed by atoms with Crippen molar-refractivity contribution in [2.24, 2.45) is 23.7 Å². The predicted octanol–water partition coefficient (Wildman–Crippen LogP) is 3.83. The van der Waals surface area contributed by atoms with Crippen molar-refractivity contribution in [1.29, 1.82) is 0 Å². The maximum absolute atomic E-state index is 11.3. The first-order valence-corrected chi connectivity index (χ1v) is 11.5. The van der Waals surface area contributed by atoms with Crippen LogP contribution in [-0.4, -0.2) is 43.7 Å². The molecule has 1 aromatic carbocycles. The van der Waals surface area contributed by atoms with Crippen LogP contribution in [0.25, 0.3) is 0 Å². The normalized spacial score (nSPS) is 42.5. The number of rotatable bonds is 5. The number of carbonyl (C=O) groups is 1. The molecule has 4 heterocycles. The minimum atomic E-state index is -0.804. The van der Waals surface area contributed by atoms with Gasteiger partial charge in [-0.15, -0.1) is 0 Å². The molecule has 4 aliphatic heterocycles. The van der Waals surface area contributed by atoms with E-state index in [4.69, 9.17) is 28.7 Å². The Morgan fingerprint density at radius 2 is 1.81 bits per heavy atom. The van der Waals surface area contributed by atoms with Crippen molar-refractivity contribution in [2.75, 3.05) is 13.7 Å². The Morgan fingerprint density at radius 3 is 2.56 bits per heavy atom. The van der Waals surface area contributed by atoms with Gasteiger partial charge in [-0.3, -0.25) is 0 Å². The number of esters is 1. The summed E-state index contributed by atoms with van der Waals surface area (Å²) >= 11 is 0. The molecule has 1 aromatic rings. The lowest BCUT2D eigenvalue weighted by molar-refractivity contribution is -0.575. The second kappa shape index (κ2) is 8.17. The quantitative estimate of drug-likeness (QED) is 0.497. The maximum atomic E-state index is 11.3. The van der Waals surface area contributed by atoms with Crippen molar-refractivity contribution in [1.82, 2.24) is 0 Å². The lowest BCUT2D eigenvalue weighted by Crippen LogP contribution is -2.70. The van der Waals surface area contributed by atoms with Gasteiger partial charge in [-0.05, 0) is 62.3 Å². The number of methoxy groups -OCH3 is 1. The van der Waals surface area contributed by atoms with E-state index in [1.807, 2.05) is 6.92 Å². The number of ether oxygens (including phenoxy) is 5. The highest BCUT2D eigenvalue weighted by molar-refractivity contribution is 5.70. The van der Waals surface area contributed by atoms with Crippen molar-refractivity contribution in [3.05, 3.63) is 24.3 Å². The topological polar surface area (TPSA) is 81.7 Å². The van der Waals surface area contributed by atoms with Crippen LogP contribution in [0.4, 0.5) is 0 Å². The Hall–Kier alpha value is -1.87. The zero-order chi connectivity index (χ0) is 22.5. The molecule has 0 N–H and O–H groups in total. The summed E-state index contributed by atoms with van der Waals surface area (Å²) in [7, 11) is 1.33. The van der Waals surface area contributed by atoms with Gasteiger partial charge in [0, 0.05) is 18.3 Å². The third-order valence-electron chi connectivity index (χ3n) is 7.76. The highest BCUT2D eigenvalue weighted by Crippen LogP contribution is 2.60. The van der Waals surface area contributed by atoms with E-state index in [0.29, 0.717) is 23.3 Å². The Morgan fingerprint density at radius 1 is 1.06 bits per heavy atom. The van der Waals surface area contributed by atoms with Gasteiger partial charge in [0.15, 0.2) is 18.5 Å². The van der Waals surface area contributed by atoms with E-state index in [-0.39, 0.29) is 18.4 Å². The Kier molecular flexibility index (Phi) is 5.60. The Bertz CT molecular complexity index is 843. The summed E-state index contributed by atoms with van der Waals surface area (Å²) < 4.78 is 29.1.